The fraction of sp³-hybridized carbons (Fsp3) is 0.462. The number of nitrogens with zero attached hydrogens (tertiary/aromatic N) is 1. The largest absolute Gasteiger partial charge is 0.462 e. The molecular weight excluding hydrogens is 429 g/mol. The highest BCUT2D eigenvalue weighted by Crippen LogP contribution is 2.52. The number of hydrogen-bond donors (Lipinski definition) is 0. The Labute approximate surface area is 193 Å². The molecule has 0 spiro atoms. The first kappa shape index (κ1) is 21.0. The van der Waals surface area contributed by atoms with Gasteiger partial charge in [0, 0.05) is 33.3 Å². The van der Waals surface area contributed by atoms with Gasteiger partial charge in [-0.05, 0) is 60.9 Å². The van der Waals surface area contributed by atoms with E-state index in [0.29, 0.717) is 27.8 Å². The van der Waals surface area contributed by atoms with Crippen molar-refractivity contribution < 1.29 is 9.53 Å². The standard InChI is InChI=1S/C26H27Cl2NO2/c1-15-25-21(20-5-3-2-4-16(20)12-24(25)31-26(15)30)10-9-19-8-6-17(14-29-19)22-13-18(27)7-11-23(22)28/h6-11,13-16,20-21,24-25H,2-5,12H2,1H3/t15-,16-,20+,21-,24-,25+/m0/s1. The molecule has 6 atom stereocenters. The molecule has 2 aliphatic carbocycles. The first-order valence-electron chi connectivity index (χ1n) is 11.3. The molecule has 2 heterocycles. The third kappa shape index (κ3) is 4.03. The maximum Gasteiger partial charge on any atom is 0.309 e. The summed E-state index contributed by atoms with van der Waals surface area (Å²) in [5.41, 5.74) is 2.74. The molecule has 31 heavy (non-hydrogen) atoms. The van der Waals surface area contributed by atoms with Crippen molar-refractivity contribution in [3.8, 4) is 11.1 Å². The van der Waals surface area contributed by atoms with Gasteiger partial charge in [-0.3, -0.25) is 9.78 Å². The first-order chi connectivity index (χ1) is 15.0. The summed E-state index contributed by atoms with van der Waals surface area (Å²) < 4.78 is 5.78. The van der Waals surface area contributed by atoms with Crippen LogP contribution in [0.1, 0.15) is 44.7 Å². The molecule has 0 bridgehead atoms. The van der Waals surface area contributed by atoms with Crippen LogP contribution in [0.15, 0.2) is 42.6 Å². The maximum absolute atomic E-state index is 12.3. The van der Waals surface area contributed by atoms with Crippen molar-refractivity contribution in [1.29, 1.82) is 0 Å². The number of carbonyl (C=O) groups is 1. The average Bonchev–Trinajstić information content (AvgIpc) is 3.06. The van der Waals surface area contributed by atoms with Crippen molar-refractivity contribution in [3.63, 3.8) is 0 Å². The fourth-order valence-electron chi connectivity index (χ4n) is 6.08. The first-order valence-corrected chi connectivity index (χ1v) is 12.1. The zero-order valence-corrected chi connectivity index (χ0v) is 19.1. The van der Waals surface area contributed by atoms with Gasteiger partial charge in [0.25, 0.3) is 0 Å². The minimum Gasteiger partial charge on any atom is -0.462 e. The number of benzene rings is 1. The third-order valence-corrected chi connectivity index (χ3v) is 8.17. The fourth-order valence-corrected chi connectivity index (χ4v) is 6.48. The lowest BCUT2D eigenvalue weighted by molar-refractivity contribution is -0.145. The van der Waals surface area contributed by atoms with Crippen LogP contribution < -0.4 is 0 Å². The minimum atomic E-state index is -0.0252. The predicted molar refractivity (Wildman–Crippen MR) is 125 cm³/mol. The van der Waals surface area contributed by atoms with Crippen LogP contribution in [0.3, 0.4) is 0 Å². The van der Waals surface area contributed by atoms with Gasteiger partial charge in [-0.1, -0.05) is 61.5 Å². The van der Waals surface area contributed by atoms with E-state index in [9.17, 15) is 4.79 Å². The highest BCUT2D eigenvalue weighted by atomic mass is 35.5. The van der Waals surface area contributed by atoms with Gasteiger partial charge in [0.15, 0.2) is 0 Å². The molecule has 2 aromatic rings. The van der Waals surface area contributed by atoms with E-state index in [1.807, 2.05) is 31.3 Å². The Hall–Kier alpha value is -1.84. The number of hydrogen-bond acceptors (Lipinski definition) is 3. The highest BCUT2D eigenvalue weighted by Gasteiger charge is 2.53. The number of ether oxygens (including phenoxy) is 1. The predicted octanol–water partition coefficient (Wildman–Crippen LogP) is 7.07. The molecule has 0 N–H and O–H groups in total. The number of allylic oxidation sites excluding steroid dienone is 1. The number of aromatic nitrogens is 1. The SMILES string of the molecule is C[C@@H]1C(=O)O[C@H]2C[C@@H]3CCCC[C@H]3[C@H](C=Cc3ccc(-c4cc(Cl)ccc4Cl)cn3)[C@H]21. The minimum absolute atomic E-state index is 0.0204. The van der Waals surface area contributed by atoms with Crippen molar-refractivity contribution in [2.24, 2.45) is 29.6 Å². The van der Waals surface area contributed by atoms with E-state index in [1.54, 1.807) is 12.1 Å². The van der Waals surface area contributed by atoms with Crippen molar-refractivity contribution in [1.82, 2.24) is 4.98 Å². The van der Waals surface area contributed by atoms with Crippen molar-refractivity contribution in [3.05, 3.63) is 58.3 Å². The molecule has 1 saturated heterocycles. The van der Waals surface area contributed by atoms with Crippen LogP contribution in [-0.4, -0.2) is 17.1 Å². The van der Waals surface area contributed by atoms with E-state index in [1.165, 1.54) is 25.7 Å². The Morgan fingerprint density at radius 1 is 1.13 bits per heavy atom. The number of esters is 1. The second kappa shape index (κ2) is 8.60. The summed E-state index contributed by atoms with van der Waals surface area (Å²) >= 11 is 12.5. The topological polar surface area (TPSA) is 39.2 Å². The molecule has 5 rings (SSSR count). The summed E-state index contributed by atoms with van der Waals surface area (Å²) in [5, 5.41) is 1.31. The van der Waals surface area contributed by atoms with E-state index in [0.717, 1.165) is 23.2 Å². The van der Waals surface area contributed by atoms with E-state index < -0.39 is 0 Å². The molecule has 3 fully saturated rings. The Bertz CT molecular complexity index is 1000. The molecule has 3 aliphatic rings. The zero-order valence-electron chi connectivity index (χ0n) is 17.6. The van der Waals surface area contributed by atoms with Crippen LogP contribution in [0.4, 0.5) is 0 Å². The smallest absolute Gasteiger partial charge is 0.309 e. The van der Waals surface area contributed by atoms with Gasteiger partial charge in [0.2, 0.25) is 0 Å². The molecule has 1 aromatic heterocycles. The lowest BCUT2D eigenvalue weighted by Gasteiger charge is -2.46. The molecular formula is C26H27Cl2NO2. The third-order valence-electron chi connectivity index (χ3n) is 7.60. The van der Waals surface area contributed by atoms with Crippen molar-refractivity contribution in [2.75, 3.05) is 0 Å². The van der Waals surface area contributed by atoms with E-state index in [-0.39, 0.29) is 23.9 Å². The Balaban J connectivity index is 1.40. The number of halogens is 2. The molecule has 0 radical (unpaired) electrons. The van der Waals surface area contributed by atoms with Crippen molar-refractivity contribution in [2.45, 2.75) is 45.1 Å². The Morgan fingerprint density at radius 2 is 1.97 bits per heavy atom. The summed E-state index contributed by atoms with van der Waals surface area (Å²) in [4.78, 5) is 17.0. The molecule has 0 unspecified atom stereocenters. The summed E-state index contributed by atoms with van der Waals surface area (Å²) in [5.74, 6) is 1.92. The summed E-state index contributed by atoms with van der Waals surface area (Å²) in [6, 6.07) is 9.50. The van der Waals surface area contributed by atoms with Gasteiger partial charge in [-0.2, -0.15) is 0 Å². The lowest BCUT2D eigenvalue weighted by atomic mass is 9.59. The quantitative estimate of drug-likeness (QED) is 0.464. The zero-order chi connectivity index (χ0) is 21.5. The number of carbonyl (C=O) groups excluding carboxylic acids is 1. The second-order valence-corrected chi connectivity index (χ2v) is 10.2. The summed E-state index contributed by atoms with van der Waals surface area (Å²) in [6.07, 6.45) is 12.5. The highest BCUT2D eigenvalue weighted by molar-refractivity contribution is 6.35. The van der Waals surface area contributed by atoms with Crippen LogP contribution in [0.25, 0.3) is 17.2 Å². The molecule has 0 amide bonds. The molecule has 1 aromatic carbocycles. The maximum atomic E-state index is 12.3. The summed E-state index contributed by atoms with van der Waals surface area (Å²) in [7, 11) is 0. The molecule has 3 nitrogen and oxygen atoms in total. The van der Waals surface area contributed by atoms with Gasteiger partial charge in [0.1, 0.15) is 6.10 Å². The van der Waals surface area contributed by atoms with Crippen molar-refractivity contribution >= 4 is 35.2 Å². The van der Waals surface area contributed by atoms with Gasteiger partial charge in [0.05, 0.1) is 11.6 Å². The van der Waals surface area contributed by atoms with Gasteiger partial charge in [-0.15, -0.1) is 0 Å². The second-order valence-electron chi connectivity index (χ2n) is 9.32. The normalized spacial score (nSPS) is 32.5. The van der Waals surface area contributed by atoms with Crippen LogP contribution >= 0.6 is 23.2 Å². The van der Waals surface area contributed by atoms with Gasteiger partial charge in [-0.25, -0.2) is 0 Å². The van der Waals surface area contributed by atoms with E-state index >= 15 is 0 Å². The lowest BCUT2D eigenvalue weighted by Crippen LogP contribution is -2.43. The molecule has 5 heteroatoms. The molecule has 2 saturated carbocycles. The van der Waals surface area contributed by atoms with E-state index in [4.69, 9.17) is 27.9 Å². The number of pyridine rings is 1. The van der Waals surface area contributed by atoms with Crippen LogP contribution in [0.2, 0.25) is 10.0 Å². The number of fused-ring (bicyclic) bond motifs is 2. The van der Waals surface area contributed by atoms with E-state index in [2.05, 4.69) is 17.1 Å². The van der Waals surface area contributed by atoms with Crippen LogP contribution in [-0.2, 0) is 9.53 Å². The Morgan fingerprint density at radius 3 is 2.77 bits per heavy atom. The Kier molecular flexibility index (Phi) is 5.83. The van der Waals surface area contributed by atoms with Gasteiger partial charge < -0.3 is 4.74 Å². The van der Waals surface area contributed by atoms with Crippen LogP contribution in [0, 0.1) is 29.6 Å². The monoisotopic (exact) mass is 455 g/mol. The summed E-state index contributed by atoms with van der Waals surface area (Å²) in [6.45, 7) is 2.04. The molecule has 162 valence electrons. The number of rotatable bonds is 3. The molecule has 1 aliphatic heterocycles. The average molecular weight is 456 g/mol. The van der Waals surface area contributed by atoms with Crippen LogP contribution in [0.5, 0.6) is 0 Å². The van der Waals surface area contributed by atoms with Gasteiger partial charge >= 0.3 is 5.97 Å².